The third-order valence-electron chi connectivity index (χ3n) is 5.93. The molecule has 0 amide bonds. The second-order valence-electron chi connectivity index (χ2n) is 7.79. The van der Waals surface area contributed by atoms with Crippen LogP contribution in [0.15, 0.2) is 72.3 Å². The largest absolute Gasteiger partial charge is 0.497 e. The Morgan fingerprint density at radius 1 is 1.00 bits per heavy atom. The topological polar surface area (TPSA) is 74.2 Å². The fraction of sp³-hybridized carbons (Fsp3) is 0.192. The number of hydrogen-bond acceptors (Lipinski definition) is 6. The number of fused-ring (bicyclic) bond motifs is 1. The summed E-state index contributed by atoms with van der Waals surface area (Å²) in [6.45, 7) is 2.13. The van der Waals surface area contributed by atoms with Crippen molar-refractivity contribution in [1.82, 2.24) is 0 Å². The van der Waals surface area contributed by atoms with Crippen molar-refractivity contribution in [2.45, 2.75) is 19.1 Å². The number of carbonyl (C=O) groups excluding carboxylic acids is 1. The highest BCUT2D eigenvalue weighted by Crippen LogP contribution is 2.46. The molecule has 3 aromatic rings. The summed E-state index contributed by atoms with van der Waals surface area (Å²) in [4.78, 5) is 13.1. The van der Waals surface area contributed by atoms with Crippen molar-refractivity contribution in [3.63, 3.8) is 0 Å². The van der Waals surface area contributed by atoms with Gasteiger partial charge < -0.3 is 24.1 Å². The Kier molecular flexibility index (Phi) is 4.87. The zero-order valence-electron chi connectivity index (χ0n) is 17.8. The maximum atomic E-state index is 13.1. The van der Waals surface area contributed by atoms with Crippen molar-refractivity contribution >= 4 is 11.5 Å². The van der Waals surface area contributed by atoms with Crippen LogP contribution in [0, 0.1) is 6.92 Å². The normalized spacial score (nSPS) is 19.3. The molecule has 5 rings (SSSR count). The first-order valence-electron chi connectivity index (χ1n) is 10.3. The highest BCUT2D eigenvalue weighted by molar-refractivity contribution is 6.20. The highest BCUT2D eigenvalue weighted by Gasteiger charge is 2.48. The molecule has 1 atom stereocenters. The second-order valence-corrected chi connectivity index (χ2v) is 7.79. The van der Waals surface area contributed by atoms with Crippen molar-refractivity contribution in [2.24, 2.45) is 0 Å². The number of esters is 1. The molecule has 6 heteroatoms. The van der Waals surface area contributed by atoms with Gasteiger partial charge in [-0.15, -0.1) is 0 Å². The summed E-state index contributed by atoms with van der Waals surface area (Å²) < 4.78 is 21.8. The molecule has 1 N–H and O–H groups in total. The van der Waals surface area contributed by atoms with Crippen molar-refractivity contribution in [3.8, 4) is 17.2 Å². The molecule has 0 aliphatic carbocycles. The molecule has 0 radical (unpaired) electrons. The van der Waals surface area contributed by atoms with E-state index < -0.39 is 11.8 Å². The lowest BCUT2D eigenvalue weighted by atomic mass is 9.87. The molecule has 0 aromatic heterocycles. The van der Waals surface area contributed by atoms with Crippen molar-refractivity contribution in [1.29, 1.82) is 0 Å². The first kappa shape index (κ1) is 20.2. The van der Waals surface area contributed by atoms with Crippen LogP contribution in [0.2, 0.25) is 0 Å². The van der Waals surface area contributed by atoms with Crippen LogP contribution in [0.5, 0.6) is 17.2 Å². The van der Waals surface area contributed by atoms with Crippen LogP contribution in [0.25, 0.3) is 5.57 Å². The van der Waals surface area contributed by atoms with Crippen molar-refractivity contribution < 1.29 is 28.8 Å². The molecule has 2 heterocycles. The summed E-state index contributed by atoms with van der Waals surface area (Å²) in [6.07, 6.45) is 0.338. The van der Waals surface area contributed by atoms with Gasteiger partial charge in [-0.1, -0.05) is 30.3 Å². The zero-order valence-corrected chi connectivity index (χ0v) is 17.8. The van der Waals surface area contributed by atoms with E-state index in [1.807, 2.05) is 31.2 Å². The van der Waals surface area contributed by atoms with E-state index in [2.05, 4.69) is 0 Å². The Balaban J connectivity index is 1.68. The number of aryl methyl sites for hydroxylation is 1. The number of methoxy groups -OCH3 is 1. The summed E-state index contributed by atoms with van der Waals surface area (Å²) in [5.74, 6) is -0.686. The van der Waals surface area contributed by atoms with Gasteiger partial charge in [0.1, 0.15) is 5.75 Å². The van der Waals surface area contributed by atoms with E-state index in [0.29, 0.717) is 45.9 Å². The van der Waals surface area contributed by atoms with E-state index in [-0.39, 0.29) is 6.79 Å². The van der Waals surface area contributed by atoms with Crippen LogP contribution in [-0.4, -0.2) is 25.0 Å². The standard InChI is InChI=1S/C26H22O6/c1-16-5-3-4-6-17(16)13-21-24(18-7-12-22-23(14-18)31-15-30-22)25(27)32-26(21,28)19-8-10-20(29-2)11-9-19/h3-12,14,28H,13,15H2,1-2H3. The van der Waals surface area contributed by atoms with E-state index in [0.717, 1.165) is 11.1 Å². The summed E-state index contributed by atoms with van der Waals surface area (Å²) >= 11 is 0. The molecular weight excluding hydrogens is 408 g/mol. The van der Waals surface area contributed by atoms with Gasteiger partial charge in [0, 0.05) is 17.6 Å². The van der Waals surface area contributed by atoms with Crippen LogP contribution < -0.4 is 14.2 Å². The first-order valence-corrected chi connectivity index (χ1v) is 10.3. The van der Waals surface area contributed by atoms with Crippen LogP contribution in [0.1, 0.15) is 22.3 Å². The Morgan fingerprint density at radius 3 is 2.50 bits per heavy atom. The molecule has 1 unspecified atom stereocenters. The number of cyclic esters (lactones) is 1. The van der Waals surface area contributed by atoms with Crippen LogP contribution in [0.4, 0.5) is 0 Å². The second kappa shape index (κ2) is 7.73. The number of ether oxygens (including phenoxy) is 4. The average molecular weight is 430 g/mol. The Labute approximate surface area is 185 Å². The van der Waals surface area contributed by atoms with E-state index in [9.17, 15) is 9.90 Å². The zero-order chi connectivity index (χ0) is 22.3. The summed E-state index contributed by atoms with van der Waals surface area (Å²) in [5.41, 5.74) is 3.90. The molecule has 3 aromatic carbocycles. The molecular formula is C26H22O6. The molecule has 6 nitrogen and oxygen atoms in total. The number of benzene rings is 3. The third kappa shape index (κ3) is 3.29. The fourth-order valence-corrected chi connectivity index (χ4v) is 4.14. The lowest BCUT2D eigenvalue weighted by molar-refractivity contribution is -0.185. The minimum Gasteiger partial charge on any atom is -0.497 e. The van der Waals surface area contributed by atoms with E-state index in [1.54, 1.807) is 49.6 Å². The molecule has 0 fully saturated rings. The number of hydrogen-bond donors (Lipinski definition) is 1. The predicted octanol–water partition coefficient (Wildman–Crippen LogP) is 4.13. The lowest BCUT2D eigenvalue weighted by Crippen LogP contribution is -2.29. The molecule has 0 saturated heterocycles. The van der Waals surface area contributed by atoms with Gasteiger partial charge in [-0.05, 0) is 60.0 Å². The Morgan fingerprint density at radius 2 is 1.75 bits per heavy atom. The monoisotopic (exact) mass is 430 g/mol. The first-order chi connectivity index (χ1) is 15.5. The van der Waals surface area contributed by atoms with E-state index in [4.69, 9.17) is 18.9 Å². The summed E-state index contributed by atoms with van der Waals surface area (Å²) in [5, 5.41) is 11.7. The molecule has 0 bridgehead atoms. The Hall–Kier alpha value is -3.77. The molecule has 2 aliphatic rings. The van der Waals surface area contributed by atoms with Gasteiger partial charge in [0.25, 0.3) is 5.79 Å². The predicted molar refractivity (Wildman–Crippen MR) is 117 cm³/mol. The van der Waals surface area contributed by atoms with Crippen LogP contribution in [0.3, 0.4) is 0 Å². The number of carbonyl (C=O) groups is 1. The van der Waals surface area contributed by atoms with Crippen LogP contribution in [-0.2, 0) is 21.7 Å². The van der Waals surface area contributed by atoms with Gasteiger partial charge in [0.2, 0.25) is 6.79 Å². The molecule has 0 saturated carbocycles. The van der Waals surface area contributed by atoms with Crippen molar-refractivity contribution in [3.05, 3.63) is 94.6 Å². The molecule has 32 heavy (non-hydrogen) atoms. The van der Waals surface area contributed by atoms with E-state index >= 15 is 0 Å². The highest BCUT2D eigenvalue weighted by atomic mass is 16.7. The maximum Gasteiger partial charge on any atom is 0.342 e. The van der Waals surface area contributed by atoms with Gasteiger partial charge in [-0.2, -0.15) is 0 Å². The molecule has 162 valence electrons. The van der Waals surface area contributed by atoms with Gasteiger partial charge in [0.05, 0.1) is 12.7 Å². The minimum absolute atomic E-state index is 0.133. The fourth-order valence-electron chi connectivity index (χ4n) is 4.14. The van der Waals surface area contributed by atoms with Gasteiger partial charge in [-0.3, -0.25) is 0 Å². The summed E-state index contributed by atoms with van der Waals surface area (Å²) in [7, 11) is 1.57. The SMILES string of the molecule is COc1ccc(C2(O)OC(=O)C(c3ccc4c(c3)OCO4)=C2Cc2ccccc2C)cc1. The third-order valence-corrected chi connectivity index (χ3v) is 5.93. The summed E-state index contributed by atoms with van der Waals surface area (Å²) in [6, 6.07) is 20.0. The van der Waals surface area contributed by atoms with E-state index in [1.165, 1.54) is 0 Å². The van der Waals surface area contributed by atoms with Crippen LogP contribution >= 0.6 is 0 Å². The smallest absolute Gasteiger partial charge is 0.342 e. The minimum atomic E-state index is -1.91. The van der Waals surface area contributed by atoms with Gasteiger partial charge >= 0.3 is 5.97 Å². The number of rotatable bonds is 5. The molecule has 2 aliphatic heterocycles. The van der Waals surface area contributed by atoms with Gasteiger partial charge in [-0.25, -0.2) is 4.79 Å². The Bertz CT molecular complexity index is 1230. The molecule has 0 spiro atoms. The average Bonchev–Trinajstić information content (AvgIpc) is 3.37. The number of aliphatic hydroxyl groups is 1. The van der Waals surface area contributed by atoms with Crippen molar-refractivity contribution in [2.75, 3.05) is 13.9 Å². The lowest BCUT2D eigenvalue weighted by Gasteiger charge is -2.26. The van der Waals surface area contributed by atoms with Gasteiger partial charge in [0.15, 0.2) is 11.5 Å². The quantitative estimate of drug-likeness (QED) is 0.614. The maximum absolute atomic E-state index is 13.1.